The molecule has 2 atom stereocenters. The second kappa shape index (κ2) is 10.7. The number of hydrogen-bond acceptors (Lipinski definition) is 4. The fourth-order valence-corrected chi connectivity index (χ4v) is 7.73. The summed E-state index contributed by atoms with van der Waals surface area (Å²) in [6, 6.07) is 17.3. The predicted molar refractivity (Wildman–Crippen MR) is 150 cm³/mol. The van der Waals surface area contributed by atoms with Gasteiger partial charge in [0.1, 0.15) is 0 Å². The van der Waals surface area contributed by atoms with Gasteiger partial charge in [-0.1, -0.05) is 48.5 Å². The molecule has 1 aromatic heterocycles. The van der Waals surface area contributed by atoms with Crippen LogP contribution in [-0.2, 0) is 22.4 Å². The van der Waals surface area contributed by atoms with Crippen LogP contribution in [0.4, 0.5) is 4.79 Å². The Bertz CT molecular complexity index is 1290. The number of aliphatic hydroxyl groups is 1. The van der Waals surface area contributed by atoms with E-state index in [1.165, 1.54) is 32.1 Å². The number of amides is 2. The molecule has 4 fully saturated rings. The highest BCUT2D eigenvalue weighted by Gasteiger charge is 2.49. The molecule has 7 heteroatoms. The smallest absolute Gasteiger partial charge is 0.408 e. The molecule has 2 unspecified atom stereocenters. The summed E-state index contributed by atoms with van der Waals surface area (Å²) in [7, 11) is 0. The Morgan fingerprint density at radius 1 is 1.00 bits per heavy atom. The summed E-state index contributed by atoms with van der Waals surface area (Å²) in [6.07, 6.45) is 8.11. The van der Waals surface area contributed by atoms with Crippen molar-refractivity contribution in [3.63, 3.8) is 0 Å². The van der Waals surface area contributed by atoms with E-state index >= 15 is 0 Å². The Balaban J connectivity index is 1.20. The van der Waals surface area contributed by atoms with Gasteiger partial charge in [-0.05, 0) is 86.3 Å². The average Bonchev–Trinajstić information content (AvgIpc) is 3.32. The van der Waals surface area contributed by atoms with Gasteiger partial charge in [0.2, 0.25) is 0 Å². The number of hydrogen-bond donors (Lipinski definition) is 4. The number of nitrogens with one attached hydrogen (secondary N) is 3. The van der Waals surface area contributed by atoms with Crippen LogP contribution < -0.4 is 10.6 Å². The lowest BCUT2D eigenvalue weighted by Gasteiger charge is -2.54. The van der Waals surface area contributed by atoms with Gasteiger partial charge in [0.05, 0.1) is 12.6 Å². The molecular formula is C32H39N3O4. The molecule has 4 N–H and O–H groups in total. The number of H-pyrrole nitrogens is 1. The molecule has 1 heterocycles. The Labute approximate surface area is 229 Å². The van der Waals surface area contributed by atoms with Crippen molar-refractivity contribution in [2.75, 3.05) is 6.61 Å². The maximum absolute atomic E-state index is 13.8. The summed E-state index contributed by atoms with van der Waals surface area (Å²) in [6.45, 7) is 1.46. The molecular weight excluding hydrogens is 490 g/mol. The standard InChI is InChI=1S/C32H39N3O4/c1-32(17-25-18-33-28-10-6-5-9-27(25)28,30(37)34-26(19-36)16-20-7-3-2-4-8-20)39-31(38)35-29-23-12-21-11-22(14-23)15-24(29)13-21/h2-10,18,21-24,26,29,33,36H,11-17,19H2,1H3,(H,34,37)(H,35,38). The zero-order valence-electron chi connectivity index (χ0n) is 22.6. The summed E-state index contributed by atoms with van der Waals surface area (Å²) in [4.78, 5) is 30.5. The normalized spacial score (nSPS) is 27.6. The molecule has 7 nitrogen and oxygen atoms in total. The number of aromatic amines is 1. The lowest BCUT2D eigenvalue weighted by atomic mass is 9.54. The van der Waals surface area contributed by atoms with Crippen LogP contribution in [0.5, 0.6) is 0 Å². The van der Waals surface area contributed by atoms with Crippen LogP contribution in [-0.4, -0.2) is 46.4 Å². The van der Waals surface area contributed by atoms with Gasteiger partial charge in [0.15, 0.2) is 5.60 Å². The summed E-state index contributed by atoms with van der Waals surface area (Å²) in [5, 5.41) is 17.2. The van der Waals surface area contributed by atoms with Crippen molar-refractivity contribution in [1.29, 1.82) is 0 Å². The first-order valence-electron chi connectivity index (χ1n) is 14.4. The lowest BCUT2D eigenvalue weighted by molar-refractivity contribution is -0.139. The molecule has 0 spiro atoms. The number of aromatic nitrogens is 1. The minimum absolute atomic E-state index is 0.119. The number of alkyl carbamates (subject to hydrolysis) is 1. The van der Waals surface area contributed by atoms with Crippen LogP contribution in [0.1, 0.15) is 50.2 Å². The zero-order valence-corrected chi connectivity index (χ0v) is 22.6. The van der Waals surface area contributed by atoms with Gasteiger partial charge in [0.25, 0.3) is 5.91 Å². The molecule has 3 aromatic rings. The van der Waals surface area contributed by atoms with Crippen molar-refractivity contribution in [2.24, 2.45) is 23.7 Å². The number of fused-ring (bicyclic) bond motifs is 1. The third-order valence-corrected chi connectivity index (χ3v) is 9.39. The van der Waals surface area contributed by atoms with E-state index in [2.05, 4.69) is 15.6 Å². The second-order valence-corrected chi connectivity index (χ2v) is 12.3. The minimum Gasteiger partial charge on any atom is -0.433 e. The van der Waals surface area contributed by atoms with Crippen LogP contribution in [0.3, 0.4) is 0 Å². The first-order chi connectivity index (χ1) is 18.9. The third-order valence-electron chi connectivity index (χ3n) is 9.39. The summed E-state index contributed by atoms with van der Waals surface area (Å²) < 4.78 is 6.07. The van der Waals surface area contributed by atoms with Crippen LogP contribution in [0.15, 0.2) is 60.8 Å². The molecule has 4 aliphatic rings. The molecule has 2 amide bonds. The van der Waals surface area contributed by atoms with Crippen LogP contribution in [0, 0.1) is 23.7 Å². The molecule has 4 aliphatic carbocycles. The number of ether oxygens (including phenoxy) is 1. The highest BCUT2D eigenvalue weighted by Crippen LogP contribution is 2.53. The van der Waals surface area contributed by atoms with Gasteiger partial charge < -0.3 is 25.5 Å². The Kier molecular flexibility index (Phi) is 7.10. The van der Waals surface area contributed by atoms with Crippen molar-refractivity contribution in [3.05, 3.63) is 71.9 Å². The van der Waals surface area contributed by atoms with E-state index < -0.39 is 23.6 Å². The van der Waals surface area contributed by atoms with Crippen LogP contribution >= 0.6 is 0 Å². The van der Waals surface area contributed by atoms with Gasteiger partial charge in [-0.15, -0.1) is 0 Å². The molecule has 0 radical (unpaired) electrons. The topological polar surface area (TPSA) is 103 Å². The fourth-order valence-electron chi connectivity index (χ4n) is 7.73. The number of aliphatic hydroxyl groups excluding tert-OH is 1. The van der Waals surface area contributed by atoms with Gasteiger partial charge in [0, 0.05) is 29.6 Å². The molecule has 0 aliphatic heterocycles. The van der Waals surface area contributed by atoms with E-state index in [0.29, 0.717) is 18.3 Å². The number of carbonyl (C=O) groups is 2. The van der Waals surface area contributed by atoms with E-state index in [4.69, 9.17) is 4.74 Å². The van der Waals surface area contributed by atoms with Crippen molar-refractivity contribution in [3.8, 4) is 0 Å². The first kappa shape index (κ1) is 25.9. The number of rotatable bonds is 9. The lowest BCUT2D eigenvalue weighted by Crippen LogP contribution is -2.58. The van der Waals surface area contributed by atoms with Gasteiger partial charge in [-0.3, -0.25) is 4.79 Å². The van der Waals surface area contributed by atoms with E-state index in [0.717, 1.165) is 33.9 Å². The van der Waals surface area contributed by atoms with Crippen molar-refractivity contribution < 1.29 is 19.4 Å². The zero-order chi connectivity index (χ0) is 27.0. The highest BCUT2D eigenvalue weighted by molar-refractivity contribution is 5.90. The van der Waals surface area contributed by atoms with E-state index in [1.54, 1.807) is 6.92 Å². The Hall–Kier alpha value is -3.32. The fraction of sp³-hybridized carbons (Fsp3) is 0.500. The predicted octanol–water partition coefficient (Wildman–Crippen LogP) is 4.74. The third kappa shape index (κ3) is 5.42. The minimum atomic E-state index is -1.47. The van der Waals surface area contributed by atoms with Gasteiger partial charge in [-0.25, -0.2) is 4.79 Å². The molecule has 39 heavy (non-hydrogen) atoms. The molecule has 2 aromatic carbocycles. The van der Waals surface area contributed by atoms with Crippen molar-refractivity contribution in [2.45, 2.75) is 69.6 Å². The summed E-state index contributed by atoms with van der Waals surface area (Å²) >= 11 is 0. The van der Waals surface area contributed by atoms with Gasteiger partial charge >= 0.3 is 6.09 Å². The largest absolute Gasteiger partial charge is 0.433 e. The summed E-state index contributed by atoms with van der Waals surface area (Å²) in [5.74, 6) is 2.21. The maximum Gasteiger partial charge on any atom is 0.408 e. The van der Waals surface area contributed by atoms with E-state index in [1.807, 2.05) is 60.8 Å². The number of para-hydroxylation sites is 1. The SMILES string of the molecule is CC(Cc1c[nH]c2ccccc12)(OC(=O)NC1C2CC3CC(C2)CC1C3)C(=O)NC(CO)Cc1ccccc1. The molecule has 4 saturated carbocycles. The molecule has 7 rings (SSSR count). The van der Waals surface area contributed by atoms with Crippen LogP contribution in [0.25, 0.3) is 10.9 Å². The monoisotopic (exact) mass is 529 g/mol. The average molecular weight is 530 g/mol. The maximum atomic E-state index is 13.8. The Morgan fingerprint density at radius 2 is 1.67 bits per heavy atom. The second-order valence-electron chi connectivity index (χ2n) is 12.3. The van der Waals surface area contributed by atoms with E-state index in [9.17, 15) is 14.7 Å². The number of benzene rings is 2. The van der Waals surface area contributed by atoms with Gasteiger partial charge in [-0.2, -0.15) is 0 Å². The molecule has 206 valence electrons. The molecule has 0 saturated heterocycles. The summed E-state index contributed by atoms with van der Waals surface area (Å²) in [5.41, 5.74) is 1.40. The number of carbonyl (C=O) groups excluding carboxylic acids is 2. The molecule has 4 bridgehead atoms. The van der Waals surface area contributed by atoms with E-state index in [-0.39, 0.29) is 19.1 Å². The van der Waals surface area contributed by atoms with Crippen molar-refractivity contribution in [1.82, 2.24) is 15.6 Å². The highest BCUT2D eigenvalue weighted by atomic mass is 16.6. The quantitative estimate of drug-likeness (QED) is 0.321. The Morgan fingerprint density at radius 3 is 2.36 bits per heavy atom. The van der Waals surface area contributed by atoms with Crippen molar-refractivity contribution >= 4 is 22.9 Å². The first-order valence-corrected chi connectivity index (χ1v) is 14.4. The van der Waals surface area contributed by atoms with Crippen LogP contribution in [0.2, 0.25) is 0 Å².